The highest BCUT2D eigenvalue weighted by atomic mass is 127. The molecule has 0 amide bonds. The van der Waals surface area contributed by atoms with Crippen molar-refractivity contribution in [3.63, 3.8) is 0 Å². The maximum Gasteiger partial charge on any atom is 0.191 e. The SMILES string of the molecule is CCNC(=NCc1ccc(N2CCN(CC)CC2)c(F)c1)NC1C2CCOC2C1(C)C.I. The van der Waals surface area contributed by atoms with E-state index in [-0.39, 0.29) is 35.2 Å². The van der Waals surface area contributed by atoms with Crippen LogP contribution in [0, 0.1) is 17.2 Å². The number of likely N-dealkylation sites (N-methyl/N-ethyl adjacent to an activating group) is 1. The van der Waals surface area contributed by atoms with Crippen LogP contribution in [0.15, 0.2) is 23.2 Å². The maximum absolute atomic E-state index is 14.9. The van der Waals surface area contributed by atoms with Crippen molar-refractivity contribution in [2.24, 2.45) is 16.3 Å². The van der Waals surface area contributed by atoms with Gasteiger partial charge in [0.25, 0.3) is 0 Å². The van der Waals surface area contributed by atoms with Crippen molar-refractivity contribution in [3.8, 4) is 0 Å². The first kappa shape index (κ1) is 25.5. The van der Waals surface area contributed by atoms with E-state index in [1.165, 1.54) is 0 Å². The summed E-state index contributed by atoms with van der Waals surface area (Å²) in [6.45, 7) is 15.6. The van der Waals surface area contributed by atoms with Gasteiger partial charge in [-0.25, -0.2) is 9.38 Å². The van der Waals surface area contributed by atoms with E-state index in [4.69, 9.17) is 9.73 Å². The number of benzene rings is 1. The van der Waals surface area contributed by atoms with E-state index < -0.39 is 0 Å². The van der Waals surface area contributed by atoms with Crippen LogP contribution in [0.5, 0.6) is 0 Å². The fourth-order valence-corrected chi connectivity index (χ4v) is 5.47. The first-order valence-electron chi connectivity index (χ1n) is 11.9. The van der Waals surface area contributed by atoms with Gasteiger partial charge in [0.2, 0.25) is 0 Å². The number of aliphatic imine (C=N–C) groups is 1. The Labute approximate surface area is 209 Å². The number of nitrogens with one attached hydrogen (secondary N) is 2. The van der Waals surface area contributed by atoms with E-state index in [2.05, 4.69) is 48.1 Å². The normalized spacial score (nSPS) is 27.3. The summed E-state index contributed by atoms with van der Waals surface area (Å²) in [7, 11) is 0. The minimum atomic E-state index is -0.151. The number of halogens is 2. The number of rotatable bonds is 6. The topological polar surface area (TPSA) is 52.1 Å². The summed E-state index contributed by atoms with van der Waals surface area (Å²) in [5.74, 6) is 1.19. The molecule has 180 valence electrons. The third-order valence-corrected chi connectivity index (χ3v) is 7.33. The molecule has 3 fully saturated rings. The summed E-state index contributed by atoms with van der Waals surface area (Å²) < 4.78 is 20.8. The van der Waals surface area contributed by atoms with Crippen LogP contribution >= 0.6 is 24.0 Å². The van der Waals surface area contributed by atoms with E-state index in [0.717, 1.165) is 63.8 Å². The van der Waals surface area contributed by atoms with Gasteiger partial charge in [0.15, 0.2) is 5.96 Å². The summed E-state index contributed by atoms with van der Waals surface area (Å²) in [6.07, 6.45) is 1.44. The highest BCUT2D eigenvalue weighted by Crippen LogP contribution is 2.52. The van der Waals surface area contributed by atoms with Gasteiger partial charge in [0.05, 0.1) is 18.3 Å². The standard InChI is InChI=1S/C24H38FN5O.HI/c1-5-26-23(28-21-18-9-14-31-22(18)24(21,3)4)27-16-17-7-8-20(19(25)15-17)30-12-10-29(6-2)11-13-30;/h7-8,15,18,21-22H,5-6,9-14,16H2,1-4H3,(H2,26,27,28);1H. The third kappa shape index (κ3) is 5.17. The molecule has 0 bridgehead atoms. The molecule has 0 spiro atoms. The maximum atomic E-state index is 14.9. The van der Waals surface area contributed by atoms with Crippen molar-refractivity contribution in [2.45, 2.75) is 52.8 Å². The van der Waals surface area contributed by atoms with Crippen LogP contribution in [0.4, 0.5) is 10.1 Å². The number of nitrogens with zero attached hydrogens (tertiary/aromatic N) is 3. The molecule has 2 N–H and O–H groups in total. The molecule has 1 aromatic carbocycles. The van der Waals surface area contributed by atoms with Gasteiger partial charge in [0.1, 0.15) is 5.82 Å². The van der Waals surface area contributed by atoms with Crippen molar-refractivity contribution < 1.29 is 9.13 Å². The van der Waals surface area contributed by atoms with E-state index in [9.17, 15) is 4.39 Å². The average Bonchev–Trinajstić information content (AvgIpc) is 3.23. The molecule has 1 aromatic rings. The molecule has 0 aromatic heterocycles. The van der Waals surface area contributed by atoms with E-state index in [1.54, 1.807) is 6.07 Å². The van der Waals surface area contributed by atoms with Crippen LogP contribution in [0.3, 0.4) is 0 Å². The second-order valence-electron chi connectivity index (χ2n) is 9.59. The van der Waals surface area contributed by atoms with Gasteiger partial charge in [-0.2, -0.15) is 0 Å². The van der Waals surface area contributed by atoms with Crippen molar-refractivity contribution in [1.29, 1.82) is 0 Å². The van der Waals surface area contributed by atoms with Crippen molar-refractivity contribution >= 4 is 35.6 Å². The number of fused-ring (bicyclic) bond motifs is 1. The summed E-state index contributed by atoms with van der Waals surface area (Å²) in [5.41, 5.74) is 1.69. The molecule has 8 heteroatoms. The molecule has 3 aliphatic rings. The molecule has 3 unspecified atom stereocenters. The second-order valence-corrected chi connectivity index (χ2v) is 9.59. The molecule has 2 saturated heterocycles. The molecular formula is C24H39FIN5O. The minimum absolute atomic E-state index is 0. The number of piperazine rings is 1. The Morgan fingerprint density at radius 1 is 1.22 bits per heavy atom. The molecule has 6 nitrogen and oxygen atoms in total. The first-order chi connectivity index (χ1) is 14.9. The molecular weight excluding hydrogens is 520 g/mol. The lowest BCUT2D eigenvalue weighted by atomic mass is 9.57. The van der Waals surface area contributed by atoms with Gasteiger partial charge in [-0.15, -0.1) is 24.0 Å². The van der Waals surface area contributed by atoms with Crippen LogP contribution in [-0.4, -0.2) is 68.9 Å². The molecule has 4 rings (SSSR count). The molecule has 0 radical (unpaired) electrons. The zero-order valence-electron chi connectivity index (χ0n) is 19.9. The fraction of sp³-hybridized carbons (Fsp3) is 0.708. The zero-order valence-corrected chi connectivity index (χ0v) is 22.2. The zero-order chi connectivity index (χ0) is 22.0. The molecule has 3 atom stereocenters. The Hall–Kier alpha value is -1.13. The van der Waals surface area contributed by atoms with Crippen LogP contribution in [0.2, 0.25) is 0 Å². The Bertz CT molecular complexity index is 797. The highest BCUT2D eigenvalue weighted by Gasteiger charge is 2.59. The number of hydrogen-bond donors (Lipinski definition) is 2. The fourth-order valence-electron chi connectivity index (χ4n) is 5.47. The van der Waals surface area contributed by atoms with Crippen molar-refractivity contribution in [2.75, 3.05) is 50.8 Å². The first-order valence-corrected chi connectivity index (χ1v) is 11.9. The number of anilines is 1. The lowest BCUT2D eigenvalue weighted by molar-refractivity contribution is -0.106. The summed E-state index contributed by atoms with van der Waals surface area (Å²) in [5, 5.41) is 6.97. The van der Waals surface area contributed by atoms with Crippen LogP contribution in [0.1, 0.15) is 39.7 Å². The number of guanidine groups is 1. The van der Waals surface area contributed by atoms with Gasteiger partial charge in [0, 0.05) is 56.7 Å². The molecule has 32 heavy (non-hydrogen) atoms. The van der Waals surface area contributed by atoms with Crippen LogP contribution in [0.25, 0.3) is 0 Å². The lowest BCUT2D eigenvalue weighted by Crippen LogP contribution is -2.67. The van der Waals surface area contributed by atoms with Gasteiger partial charge < -0.3 is 25.2 Å². The van der Waals surface area contributed by atoms with Gasteiger partial charge >= 0.3 is 0 Å². The van der Waals surface area contributed by atoms with Gasteiger partial charge in [-0.1, -0.05) is 26.8 Å². The molecule has 2 aliphatic heterocycles. The predicted octanol–water partition coefficient (Wildman–Crippen LogP) is 3.45. The largest absolute Gasteiger partial charge is 0.377 e. The van der Waals surface area contributed by atoms with Crippen molar-refractivity contribution in [1.82, 2.24) is 15.5 Å². The second kappa shape index (κ2) is 10.9. The average molecular weight is 560 g/mol. The quantitative estimate of drug-likeness (QED) is 0.318. The van der Waals surface area contributed by atoms with Crippen LogP contribution < -0.4 is 15.5 Å². The van der Waals surface area contributed by atoms with Gasteiger partial charge in [-0.3, -0.25) is 0 Å². The molecule has 2 heterocycles. The molecule has 1 aliphatic carbocycles. The smallest absolute Gasteiger partial charge is 0.191 e. The highest BCUT2D eigenvalue weighted by molar-refractivity contribution is 14.0. The Kier molecular flexibility index (Phi) is 8.65. The third-order valence-electron chi connectivity index (χ3n) is 7.33. The predicted molar refractivity (Wildman–Crippen MR) is 140 cm³/mol. The monoisotopic (exact) mass is 559 g/mol. The van der Waals surface area contributed by atoms with E-state index >= 15 is 0 Å². The van der Waals surface area contributed by atoms with Crippen LogP contribution in [-0.2, 0) is 11.3 Å². The van der Waals surface area contributed by atoms with Gasteiger partial charge in [-0.05, 0) is 37.6 Å². The number of hydrogen-bond acceptors (Lipinski definition) is 4. The Morgan fingerprint density at radius 2 is 1.97 bits per heavy atom. The summed E-state index contributed by atoms with van der Waals surface area (Å²) >= 11 is 0. The van der Waals surface area contributed by atoms with E-state index in [0.29, 0.717) is 30.3 Å². The Morgan fingerprint density at radius 3 is 2.62 bits per heavy atom. The number of ether oxygens (including phenoxy) is 1. The minimum Gasteiger partial charge on any atom is -0.377 e. The van der Waals surface area contributed by atoms with E-state index in [1.807, 2.05) is 12.1 Å². The summed E-state index contributed by atoms with van der Waals surface area (Å²) in [6, 6.07) is 5.91. The lowest BCUT2D eigenvalue weighted by Gasteiger charge is -2.54. The summed E-state index contributed by atoms with van der Waals surface area (Å²) in [4.78, 5) is 9.31. The van der Waals surface area contributed by atoms with Crippen molar-refractivity contribution in [3.05, 3.63) is 29.6 Å². The Balaban J connectivity index is 0.00000289. The molecule has 1 saturated carbocycles.